The van der Waals surface area contributed by atoms with E-state index in [0.29, 0.717) is 0 Å². The molecule has 22 fully saturated rings. The molecule has 17 N–H and O–H groups in total. The van der Waals surface area contributed by atoms with Crippen LogP contribution >= 0.6 is 12.9 Å². The topological polar surface area (TPSA) is 490 Å². The van der Waals surface area contributed by atoms with E-state index in [1.165, 1.54) is 0 Å². The first-order valence-corrected chi connectivity index (χ1v) is 23.1. The van der Waals surface area contributed by atoms with Crippen LogP contribution in [0, 0.1) is 0 Å². The Morgan fingerprint density at radius 2 is 0.597 bits per heavy atom. The lowest BCUT2D eigenvalue weighted by Crippen LogP contribution is -2.69. The van der Waals surface area contributed by atoms with E-state index in [1.807, 2.05) is 0 Å². The van der Waals surface area contributed by atoms with Gasteiger partial charge in [0.25, 0.3) is 0 Å². The van der Waals surface area contributed by atoms with Gasteiger partial charge in [-0.05, 0) is 19.8 Å². The molecular formula is C39H64O32S. The van der Waals surface area contributed by atoms with E-state index in [1.54, 1.807) is 0 Å². The first kappa shape index (κ1) is 58.3. The smallest absolute Gasteiger partial charge is 0.332 e. The quantitative estimate of drug-likeness (QED) is 0.0713. The minimum Gasteiger partial charge on any atom is -0.479 e. The van der Waals surface area contributed by atoms with E-state index in [2.05, 4.69) is 12.9 Å². The molecule has 418 valence electrons. The largest absolute Gasteiger partial charge is 0.479 e. The summed E-state index contributed by atoms with van der Waals surface area (Å²) in [5.41, 5.74) is 0. The van der Waals surface area contributed by atoms with Crippen molar-refractivity contribution in [3.63, 3.8) is 0 Å². The molecular weight excluding hydrogens is 1010 g/mol. The van der Waals surface area contributed by atoms with Crippen LogP contribution in [0.2, 0.25) is 0 Å². The van der Waals surface area contributed by atoms with Gasteiger partial charge in [-0.25, -0.2) is 4.79 Å². The Bertz CT molecular complexity index is 1710. The molecule has 0 aliphatic carbocycles. The molecule has 22 rings (SSSR count). The van der Waals surface area contributed by atoms with Gasteiger partial charge in [0.1, 0.15) is 146 Å². The van der Waals surface area contributed by atoms with E-state index in [-0.39, 0.29) is 0 Å². The normalized spacial score (nSPS) is 52.1. The summed E-state index contributed by atoms with van der Waals surface area (Å²) < 4.78 is 80.1. The van der Waals surface area contributed by atoms with Crippen molar-refractivity contribution in [3.05, 3.63) is 0 Å². The predicted octanol–water partition coefficient (Wildman–Crippen LogP) is -11.7. The molecule has 32 nitrogen and oxygen atoms in total. The Labute approximate surface area is 412 Å². The summed E-state index contributed by atoms with van der Waals surface area (Å²) >= 11 is 3.83. The van der Waals surface area contributed by atoms with Gasteiger partial charge in [0.15, 0.2) is 43.8 Å². The maximum absolute atomic E-state index is 12.1. The lowest BCUT2D eigenvalue weighted by Gasteiger charge is -2.51. The summed E-state index contributed by atoms with van der Waals surface area (Å²) in [4.78, 5) is 12.1. The Hall–Kier alpha value is -1.38. The van der Waals surface area contributed by atoms with Crippen LogP contribution in [0.1, 0.15) is 6.92 Å². The molecule has 0 amide bonds. The molecule has 22 saturated heterocycles. The van der Waals surface area contributed by atoms with Crippen molar-refractivity contribution < 1.29 is 157 Å². The number of rotatable bonds is 10. The zero-order valence-electron chi connectivity index (χ0n) is 37.8. The third-order valence-corrected chi connectivity index (χ3v) is 13.7. The number of hydrogen-bond acceptors (Lipinski definition) is 32. The van der Waals surface area contributed by atoms with Crippen molar-refractivity contribution in [1.82, 2.24) is 0 Å². The summed E-state index contributed by atoms with van der Waals surface area (Å²) in [7, 11) is 0. The Morgan fingerprint density at radius 3 is 0.847 bits per heavy atom. The molecule has 22 aliphatic rings. The Balaban J connectivity index is 1.24. The van der Waals surface area contributed by atoms with Crippen molar-refractivity contribution in [1.29, 1.82) is 0 Å². The van der Waals surface area contributed by atoms with Gasteiger partial charge in [0.2, 0.25) is 0 Å². The SMILES string of the molecule is CC(O[C@@H]1[C@@H](O)[C@H]2O[C@@H]3[C@H](OS)[C@@H](O)[C@@H](O[C@H]4[C@H](O)[C@@H](O)[C@@H](O[C@H]5[C@H](O)[C@@H](O)[C@@H](O[C@H]6[C@H](O)[C@@H](O)[C@@H](O[C@H]7[C@H](O)[C@@H](O)[C@@H](O[C@H]1[C@@H](CO)O2)O[C@@H]7CO)O[C@@H]6CO)O[C@@H]5CO)O[C@@H]4CO)O[C@@H]3CO)C(=O)O. The average molecular weight is 1080 g/mol. The van der Waals surface area contributed by atoms with Crippen LogP contribution in [0.25, 0.3) is 0 Å². The van der Waals surface area contributed by atoms with Crippen molar-refractivity contribution in [2.45, 2.75) is 197 Å². The Kier molecular flexibility index (Phi) is 20.2. The van der Waals surface area contributed by atoms with E-state index in [0.717, 1.165) is 6.92 Å². The van der Waals surface area contributed by atoms with Crippen LogP contribution in [-0.4, -0.2) is 323 Å². The second-order valence-electron chi connectivity index (χ2n) is 18.0. The number of aliphatic hydroxyl groups excluding tert-OH is 16. The second-order valence-corrected chi connectivity index (χ2v) is 18.2. The highest BCUT2D eigenvalue weighted by molar-refractivity contribution is 7.75. The van der Waals surface area contributed by atoms with Gasteiger partial charge >= 0.3 is 5.97 Å². The third-order valence-electron chi connectivity index (χ3n) is 13.5. The van der Waals surface area contributed by atoms with E-state index < -0.39 is 236 Å². The molecule has 12 bridgehead atoms. The minimum absolute atomic E-state index is 0.995. The average Bonchev–Trinajstić information content (AvgIpc) is 3.36. The number of aliphatic hydroxyl groups is 16. The fourth-order valence-electron chi connectivity index (χ4n) is 9.47. The number of aliphatic carboxylic acids is 1. The number of carboxylic acids is 1. The second kappa shape index (κ2) is 25.0. The van der Waals surface area contributed by atoms with E-state index in [9.17, 15) is 91.6 Å². The Morgan fingerprint density at radius 1 is 0.375 bits per heavy atom. The zero-order valence-corrected chi connectivity index (χ0v) is 38.7. The van der Waals surface area contributed by atoms with Gasteiger partial charge in [-0.1, -0.05) is 0 Å². The van der Waals surface area contributed by atoms with Gasteiger partial charge in [-0.3, -0.25) is 0 Å². The molecule has 22 aliphatic heterocycles. The minimum atomic E-state index is -2.21. The lowest BCUT2D eigenvalue weighted by molar-refractivity contribution is -0.404. The fraction of sp³-hybridized carbons (Fsp3) is 0.974. The molecule has 0 saturated carbocycles. The summed E-state index contributed by atoms with van der Waals surface area (Å²) in [6.45, 7) is -5.07. The van der Waals surface area contributed by atoms with Crippen molar-refractivity contribution >= 4 is 18.9 Å². The van der Waals surface area contributed by atoms with Crippen molar-refractivity contribution in [3.8, 4) is 0 Å². The number of hydrogen-bond donors (Lipinski definition) is 18. The lowest BCUT2D eigenvalue weighted by atomic mass is 9.94. The number of carbonyl (C=O) groups is 1. The van der Waals surface area contributed by atoms with Crippen LogP contribution in [0.4, 0.5) is 0 Å². The maximum atomic E-state index is 12.1. The summed E-state index contributed by atoms with van der Waals surface area (Å²) in [6.07, 6.45) is -60.2. The molecule has 0 spiro atoms. The van der Waals surface area contributed by atoms with Gasteiger partial charge < -0.3 is 153 Å². The highest BCUT2D eigenvalue weighted by Crippen LogP contribution is 2.39. The van der Waals surface area contributed by atoms with Crippen molar-refractivity contribution in [2.24, 2.45) is 0 Å². The molecule has 0 aromatic carbocycles. The summed E-state index contributed by atoms with van der Waals surface area (Å²) in [5, 5.41) is 186. The number of ether oxygens (including phenoxy) is 13. The summed E-state index contributed by atoms with van der Waals surface area (Å²) in [5.74, 6) is -1.57. The number of thiol groups is 1. The third kappa shape index (κ3) is 11.6. The monoisotopic (exact) mass is 1080 g/mol. The highest BCUT2D eigenvalue weighted by Gasteiger charge is 2.59. The molecule has 72 heavy (non-hydrogen) atoms. The van der Waals surface area contributed by atoms with Crippen LogP contribution in [0.15, 0.2) is 0 Å². The zero-order chi connectivity index (χ0) is 52.6. The first-order valence-electron chi connectivity index (χ1n) is 22.8. The van der Waals surface area contributed by atoms with Crippen LogP contribution in [-0.2, 0) is 70.6 Å². The molecule has 0 aromatic heterocycles. The van der Waals surface area contributed by atoms with Gasteiger partial charge in [-0.2, -0.15) is 0 Å². The molecule has 31 atom stereocenters. The predicted molar refractivity (Wildman–Crippen MR) is 220 cm³/mol. The van der Waals surface area contributed by atoms with Crippen LogP contribution in [0.3, 0.4) is 0 Å². The molecule has 1 unspecified atom stereocenters. The maximum Gasteiger partial charge on any atom is 0.332 e. The van der Waals surface area contributed by atoms with Crippen molar-refractivity contribution in [2.75, 3.05) is 39.6 Å². The summed E-state index contributed by atoms with van der Waals surface area (Å²) in [6, 6.07) is 0. The van der Waals surface area contributed by atoms with Crippen LogP contribution in [0.5, 0.6) is 0 Å². The van der Waals surface area contributed by atoms with E-state index in [4.69, 9.17) is 65.8 Å². The fourth-order valence-corrected chi connectivity index (χ4v) is 9.71. The first-order chi connectivity index (χ1) is 34.3. The highest BCUT2D eigenvalue weighted by atomic mass is 32.1. The van der Waals surface area contributed by atoms with Gasteiger partial charge in [0.05, 0.1) is 39.6 Å². The van der Waals surface area contributed by atoms with E-state index >= 15 is 0 Å². The number of carboxylic acid groups (broad SMARTS) is 1. The van der Waals surface area contributed by atoms with Gasteiger partial charge in [0, 0.05) is 0 Å². The standard InChI is InChI=1S/C39H64O32S/c1-8(33(56)57)58-31-23(54)38-63-13(6-44)29(31)69-37-22(53)18(49)27(11(4-42)62-37)67-35-20(51)16(47)25(9(2-40)60-35)65-34-19(50)15(46)26(10(3-41)59-34)66-36-21(52)17(48)28(12(5-43)61-36)68-39-24(55)32(71-72)30(70-38)14(7-45)64-39/h8-32,34-55,72H,2-7H2,1H3,(H,56,57)/t8?,9-,10-,11-,12-,13-,14-,15-,16-,17-,18-,19-,20-,21-,22-,23-,24-,25-,26-,27-,28-,29+,30+,31-,32-,34-,35-,36-,37-,38-,39-/m1/s1. The molecule has 22 heterocycles. The van der Waals surface area contributed by atoms with Gasteiger partial charge in [-0.15, -0.1) is 0 Å². The molecule has 0 aromatic rings. The van der Waals surface area contributed by atoms with Crippen LogP contribution < -0.4 is 0 Å². The molecule has 33 heteroatoms. The molecule has 0 radical (unpaired) electrons.